The lowest BCUT2D eigenvalue weighted by Gasteiger charge is -2.11. The van der Waals surface area contributed by atoms with Gasteiger partial charge in [-0.25, -0.2) is 0 Å². The molecule has 0 saturated carbocycles. The Balaban J connectivity index is 2.86. The fraction of sp³-hybridized carbons (Fsp3) is 0.455. The Bertz CT molecular complexity index is 243. The summed E-state index contributed by atoms with van der Waals surface area (Å²) in [4.78, 5) is 0. The number of rotatable bonds is 3. The van der Waals surface area contributed by atoms with Crippen LogP contribution in [0, 0.1) is 0 Å². The normalized spacial score (nSPS) is 12.9. The first-order chi connectivity index (χ1) is 5.77. The van der Waals surface area contributed by atoms with Crippen LogP contribution in [0.2, 0.25) is 0 Å². The van der Waals surface area contributed by atoms with Gasteiger partial charge in [-0.1, -0.05) is 31.2 Å². The minimum Gasteiger partial charge on any atom is -0.313 e. The molecular weight excluding hydrogens is 146 g/mol. The van der Waals surface area contributed by atoms with Gasteiger partial charge < -0.3 is 5.32 Å². The summed E-state index contributed by atoms with van der Waals surface area (Å²) in [7, 11) is 1.99. The largest absolute Gasteiger partial charge is 0.313 e. The van der Waals surface area contributed by atoms with Crippen molar-refractivity contribution in [3.05, 3.63) is 35.4 Å². The standard InChI is InChI=1S/C11H17N/c1-4-10-6-5-7-11(8-10)9(2)12-3/h5-9,12H,4H2,1-3H3/t9-/m0/s1. The molecule has 0 aliphatic carbocycles. The average molecular weight is 163 g/mol. The van der Waals surface area contributed by atoms with Gasteiger partial charge in [0.05, 0.1) is 0 Å². The summed E-state index contributed by atoms with van der Waals surface area (Å²) in [6.45, 7) is 4.36. The van der Waals surface area contributed by atoms with E-state index in [2.05, 4.69) is 43.4 Å². The molecule has 1 atom stereocenters. The molecule has 0 aliphatic rings. The molecule has 0 radical (unpaired) electrons. The van der Waals surface area contributed by atoms with Gasteiger partial charge in [0.25, 0.3) is 0 Å². The van der Waals surface area contributed by atoms with Gasteiger partial charge in [0.2, 0.25) is 0 Å². The number of nitrogens with one attached hydrogen (secondary N) is 1. The van der Waals surface area contributed by atoms with Crippen molar-refractivity contribution in [3.8, 4) is 0 Å². The highest BCUT2D eigenvalue weighted by atomic mass is 14.8. The van der Waals surface area contributed by atoms with Crippen LogP contribution >= 0.6 is 0 Å². The van der Waals surface area contributed by atoms with Crippen molar-refractivity contribution < 1.29 is 0 Å². The second-order valence-corrected chi connectivity index (χ2v) is 3.11. The summed E-state index contributed by atoms with van der Waals surface area (Å²) in [5.41, 5.74) is 2.78. The van der Waals surface area contributed by atoms with E-state index in [-0.39, 0.29) is 0 Å². The lowest BCUT2D eigenvalue weighted by Crippen LogP contribution is -2.12. The predicted octanol–water partition coefficient (Wildman–Crippen LogP) is 2.53. The van der Waals surface area contributed by atoms with Crippen LogP contribution < -0.4 is 5.32 Å². The van der Waals surface area contributed by atoms with E-state index in [4.69, 9.17) is 0 Å². The first kappa shape index (κ1) is 9.27. The molecule has 1 nitrogen and oxygen atoms in total. The van der Waals surface area contributed by atoms with E-state index in [1.165, 1.54) is 11.1 Å². The summed E-state index contributed by atoms with van der Waals surface area (Å²) < 4.78 is 0. The number of aryl methyl sites for hydroxylation is 1. The van der Waals surface area contributed by atoms with E-state index in [0.717, 1.165) is 6.42 Å². The van der Waals surface area contributed by atoms with E-state index in [0.29, 0.717) is 6.04 Å². The Hall–Kier alpha value is -0.820. The van der Waals surface area contributed by atoms with Crippen LogP contribution in [0.5, 0.6) is 0 Å². The van der Waals surface area contributed by atoms with E-state index < -0.39 is 0 Å². The number of hydrogen-bond acceptors (Lipinski definition) is 1. The smallest absolute Gasteiger partial charge is 0.0289 e. The molecule has 0 spiro atoms. The third kappa shape index (κ3) is 2.08. The molecule has 0 aromatic heterocycles. The Kier molecular flexibility index (Phi) is 3.30. The molecule has 0 amide bonds. The molecule has 1 heteroatoms. The third-order valence-corrected chi connectivity index (χ3v) is 2.29. The van der Waals surface area contributed by atoms with Crippen molar-refractivity contribution >= 4 is 0 Å². The molecule has 0 aliphatic heterocycles. The third-order valence-electron chi connectivity index (χ3n) is 2.29. The van der Waals surface area contributed by atoms with Gasteiger partial charge in [-0.2, -0.15) is 0 Å². The van der Waals surface area contributed by atoms with Crippen molar-refractivity contribution in [1.82, 2.24) is 5.32 Å². The first-order valence-electron chi connectivity index (χ1n) is 4.54. The van der Waals surface area contributed by atoms with Crippen molar-refractivity contribution in [2.75, 3.05) is 7.05 Å². The summed E-state index contributed by atoms with van der Waals surface area (Å²) in [5.74, 6) is 0. The zero-order valence-electron chi connectivity index (χ0n) is 8.09. The van der Waals surface area contributed by atoms with Gasteiger partial charge in [-0.05, 0) is 31.5 Å². The second-order valence-electron chi connectivity index (χ2n) is 3.11. The maximum absolute atomic E-state index is 3.23. The molecule has 1 aromatic rings. The number of benzene rings is 1. The zero-order chi connectivity index (χ0) is 8.97. The Morgan fingerprint density at radius 2 is 2.17 bits per heavy atom. The fourth-order valence-corrected chi connectivity index (χ4v) is 1.25. The van der Waals surface area contributed by atoms with Crippen LogP contribution in [0.25, 0.3) is 0 Å². The Morgan fingerprint density at radius 1 is 1.42 bits per heavy atom. The molecule has 1 aromatic carbocycles. The quantitative estimate of drug-likeness (QED) is 0.722. The van der Waals surface area contributed by atoms with E-state index in [9.17, 15) is 0 Å². The highest BCUT2D eigenvalue weighted by Crippen LogP contribution is 2.13. The van der Waals surface area contributed by atoms with Gasteiger partial charge in [0, 0.05) is 6.04 Å². The Morgan fingerprint density at radius 3 is 2.75 bits per heavy atom. The molecule has 0 heterocycles. The van der Waals surface area contributed by atoms with Crippen LogP contribution in [0.15, 0.2) is 24.3 Å². The predicted molar refractivity (Wildman–Crippen MR) is 53.3 cm³/mol. The van der Waals surface area contributed by atoms with E-state index >= 15 is 0 Å². The van der Waals surface area contributed by atoms with Gasteiger partial charge in [-0.3, -0.25) is 0 Å². The van der Waals surface area contributed by atoms with E-state index in [1.807, 2.05) is 7.05 Å². The highest BCUT2D eigenvalue weighted by Gasteiger charge is 2.01. The highest BCUT2D eigenvalue weighted by molar-refractivity contribution is 5.25. The summed E-state index contributed by atoms with van der Waals surface area (Å²) >= 11 is 0. The molecule has 1 N–H and O–H groups in total. The number of hydrogen-bond donors (Lipinski definition) is 1. The molecule has 0 fully saturated rings. The molecule has 0 saturated heterocycles. The van der Waals surface area contributed by atoms with Gasteiger partial charge in [-0.15, -0.1) is 0 Å². The van der Waals surface area contributed by atoms with Crippen molar-refractivity contribution in [2.45, 2.75) is 26.3 Å². The van der Waals surface area contributed by atoms with Crippen molar-refractivity contribution in [2.24, 2.45) is 0 Å². The molecule has 0 bridgehead atoms. The summed E-state index contributed by atoms with van der Waals surface area (Å²) in [6, 6.07) is 9.19. The Labute approximate surface area is 74.8 Å². The lowest BCUT2D eigenvalue weighted by molar-refractivity contribution is 0.651. The molecule has 66 valence electrons. The maximum Gasteiger partial charge on any atom is 0.0289 e. The zero-order valence-corrected chi connectivity index (χ0v) is 8.09. The first-order valence-corrected chi connectivity index (χ1v) is 4.54. The average Bonchev–Trinajstić information content (AvgIpc) is 2.17. The molecule has 12 heavy (non-hydrogen) atoms. The van der Waals surface area contributed by atoms with Gasteiger partial charge in [0.1, 0.15) is 0 Å². The molecule has 0 unspecified atom stereocenters. The van der Waals surface area contributed by atoms with E-state index in [1.54, 1.807) is 0 Å². The van der Waals surface area contributed by atoms with Crippen LogP contribution in [-0.2, 0) is 6.42 Å². The minimum atomic E-state index is 0.455. The van der Waals surface area contributed by atoms with Crippen LogP contribution in [-0.4, -0.2) is 7.05 Å². The van der Waals surface area contributed by atoms with Crippen LogP contribution in [0.1, 0.15) is 31.0 Å². The van der Waals surface area contributed by atoms with Crippen molar-refractivity contribution in [3.63, 3.8) is 0 Å². The fourth-order valence-electron chi connectivity index (χ4n) is 1.25. The lowest BCUT2D eigenvalue weighted by atomic mass is 10.0. The molecule has 1 rings (SSSR count). The van der Waals surface area contributed by atoms with Crippen molar-refractivity contribution in [1.29, 1.82) is 0 Å². The van der Waals surface area contributed by atoms with Gasteiger partial charge in [0.15, 0.2) is 0 Å². The monoisotopic (exact) mass is 163 g/mol. The molecular formula is C11H17N. The van der Waals surface area contributed by atoms with Gasteiger partial charge >= 0.3 is 0 Å². The minimum absolute atomic E-state index is 0.455. The van der Waals surface area contributed by atoms with Crippen LogP contribution in [0.3, 0.4) is 0 Å². The maximum atomic E-state index is 3.23. The SMILES string of the molecule is CCc1cccc([C@H](C)NC)c1. The second kappa shape index (κ2) is 4.27. The summed E-state index contributed by atoms with van der Waals surface area (Å²) in [5, 5.41) is 3.23. The summed E-state index contributed by atoms with van der Waals surface area (Å²) in [6.07, 6.45) is 1.12. The topological polar surface area (TPSA) is 12.0 Å². The van der Waals surface area contributed by atoms with Crippen LogP contribution in [0.4, 0.5) is 0 Å².